The van der Waals surface area contributed by atoms with Crippen molar-refractivity contribution in [1.29, 1.82) is 0 Å². The van der Waals surface area contributed by atoms with Gasteiger partial charge in [-0.3, -0.25) is 0 Å². The van der Waals surface area contributed by atoms with Crippen LogP contribution in [0.25, 0.3) is 0 Å². The molecule has 2 rings (SSSR count). The highest BCUT2D eigenvalue weighted by molar-refractivity contribution is 7.91. The van der Waals surface area contributed by atoms with E-state index < -0.39 is 10.0 Å². The molecule has 7 heteroatoms. The molecule has 0 aromatic carbocycles. The SMILES string of the molecule is CO[C@H]1CCN(S(=O)(=O)c2sc(C)nc2C)C1. The quantitative estimate of drug-likeness (QED) is 0.831. The summed E-state index contributed by atoms with van der Waals surface area (Å²) in [6.45, 7) is 4.52. The van der Waals surface area contributed by atoms with Crippen LogP contribution in [-0.2, 0) is 14.8 Å². The van der Waals surface area contributed by atoms with E-state index in [1.807, 2.05) is 6.92 Å². The molecular formula is C10H16N2O3S2. The van der Waals surface area contributed by atoms with Gasteiger partial charge in [0.15, 0.2) is 4.21 Å². The van der Waals surface area contributed by atoms with Gasteiger partial charge in [-0.15, -0.1) is 11.3 Å². The van der Waals surface area contributed by atoms with Crippen LogP contribution in [0, 0.1) is 13.8 Å². The highest BCUT2D eigenvalue weighted by Crippen LogP contribution is 2.28. The first-order chi connectivity index (χ1) is 7.95. The Morgan fingerprint density at radius 2 is 2.18 bits per heavy atom. The third kappa shape index (κ3) is 2.37. The summed E-state index contributed by atoms with van der Waals surface area (Å²) in [5.41, 5.74) is 0.591. The minimum Gasteiger partial charge on any atom is -0.380 e. The molecule has 0 amide bonds. The molecule has 0 unspecified atom stereocenters. The van der Waals surface area contributed by atoms with Crippen LogP contribution in [0.5, 0.6) is 0 Å². The summed E-state index contributed by atoms with van der Waals surface area (Å²) in [6.07, 6.45) is 0.770. The lowest BCUT2D eigenvalue weighted by Crippen LogP contribution is -2.30. The largest absolute Gasteiger partial charge is 0.380 e. The summed E-state index contributed by atoms with van der Waals surface area (Å²) in [6, 6.07) is 0. The van der Waals surface area contributed by atoms with Crippen LogP contribution in [0.15, 0.2) is 4.21 Å². The maximum atomic E-state index is 12.4. The van der Waals surface area contributed by atoms with Crippen molar-refractivity contribution < 1.29 is 13.2 Å². The minimum atomic E-state index is -3.38. The van der Waals surface area contributed by atoms with Crippen molar-refractivity contribution >= 4 is 21.4 Å². The molecule has 1 saturated heterocycles. The molecule has 1 atom stereocenters. The van der Waals surface area contributed by atoms with Crippen LogP contribution in [0.2, 0.25) is 0 Å². The van der Waals surface area contributed by atoms with Crippen molar-refractivity contribution in [3.63, 3.8) is 0 Å². The topological polar surface area (TPSA) is 59.5 Å². The Morgan fingerprint density at radius 3 is 2.65 bits per heavy atom. The first kappa shape index (κ1) is 12.9. The Labute approximate surface area is 105 Å². The van der Waals surface area contributed by atoms with E-state index in [2.05, 4.69) is 4.98 Å². The molecule has 0 radical (unpaired) electrons. The molecular weight excluding hydrogens is 260 g/mol. The van der Waals surface area contributed by atoms with Gasteiger partial charge >= 0.3 is 0 Å². The number of aryl methyl sites for hydroxylation is 2. The normalized spacial score (nSPS) is 22.2. The summed E-state index contributed by atoms with van der Waals surface area (Å²) in [5.74, 6) is 0. The van der Waals surface area contributed by atoms with Crippen molar-refractivity contribution in [2.45, 2.75) is 30.6 Å². The average molecular weight is 276 g/mol. The van der Waals surface area contributed by atoms with Gasteiger partial charge in [0.25, 0.3) is 10.0 Å². The predicted octanol–water partition coefficient (Wildman–Crippen LogP) is 1.17. The highest BCUT2D eigenvalue weighted by atomic mass is 32.2. The summed E-state index contributed by atoms with van der Waals surface area (Å²) < 4.78 is 31.8. The lowest BCUT2D eigenvalue weighted by atomic mass is 10.3. The number of nitrogens with zero attached hydrogens (tertiary/aromatic N) is 2. The Morgan fingerprint density at radius 1 is 1.47 bits per heavy atom. The number of rotatable bonds is 3. The van der Waals surface area contributed by atoms with Gasteiger partial charge in [-0.25, -0.2) is 13.4 Å². The fourth-order valence-electron chi connectivity index (χ4n) is 1.98. The van der Waals surface area contributed by atoms with E-state index in [-0.39, 0.29) is 6.10 Å². The summed E-state index contributed by atoms with van der Waals surface area (Å²) >= 11 is 1.24. The number of sulfonamides is 1. The molecule has 17 heavy (non-hydrogen) atoms. The number of methoxy groups -OCH3 is 1. The van der Waals surface area contributed by atoms with E-state index in [1.54, 1.807) is 14.0 Å². The summed E-state index contributed by atoms with van der Waals surface area (Å²) in [7, 11) is -1.77. The zero-order valence-corrected chi connectivity index (χ0v) is 11.8. The molecule has 0 N–H and O–H groups in total. The van der Waals surface area contributed by atoms with Gasteiger partial charge in [0.05, 0.1) is 16.8 Å². The van der Waals surface area contributed by atoms with Crippen molar-refractivity contribution in [2.24, 2.45) is 0 Å². The van der Waals surface area contributed by atoms with Crippen molar-refractivity contribution in [2.75, 3.05) is 20.2 Å². The Kier molecular flexibility index (Phi) is 3.53. The monoisotopic (exact) mass is 276 g/mol. The van der Waals surface area contributed by atoms with Crippen LogP contribution >= 0.6 is 11.3 Å². The average Bonchev–Trinajstić information content (AvgIpc) is 2.85. The van der Waals surface area contributed by atoms with Gasteiger partial charge in [-0.1, -0.05) is 0 Å². The second-order valence-electron chi connectivity index (χ2n) is 4.12. The molecule has 2 heterocycles. The molecule has 0 saturated carbocycles. The fraction of sp³-hybridized carbons (Fsp3) is 0.700. The highest BCUT2D eigenvalue weighted by Gasteiger charge is 2.34. The molecule has 0 aliphatic carbocycles. The Balaban J connectivity index is 2.28. The van der Waals surface area contributed by atoms with Crippen molar-refractivity contribution in [1.82, 2.24) is 9.29 Å². The first-order valence-electron chi connectivity index (χ1n) is 5.42. The maximum absolute atomic E-state index is 12.4. The van der Waals surface area contributed by atoms with Gasteiger partial charge in [-0.05, 0) is 20.3 Å². The Hall–Kier alpha value is -0.500. The third-order valence-corrected chi connectivity index (χ3v) is 6.40. The van der Waals surface area contributed by atoms with E-state index in [0.29, 0.717) is 23.0 Å². The Bertz CT molecular complexity index is 510. The van der Waals surface area contributed by atoms with E-state index in [1.165, 1.54) is 15.6 Å². The second-order valence-corrected chi connectivity index (χ2v) is 7.45. The maximum Gasteiger partial charge on any atom is 0.254 e. The molecule has 1 aromatic rings. The zero-order chi connectivity index (χ0) is 12.6. The molecule has 5 nitrogen and oxygen atoms in total. The van der Waals surface area contributed by atoms with Crippen LogP contribution in [-0.4, -0.2) is 44.0 Å². The third-order valence-electron chi connectivity index (χ3n) is 2.88. The van der Waals surface area contributed by atoms with Crippen molar-refractivity contribution in [3.05, 3.63) is 10.7 Å². The second kappa shape index (κ2) is 4.64. The van der Waals surface area contributed by atoms with Crippen LogP contribution < -0.4 is 0 Å². The number of ether oxygens (including phenoxy) is 1. The van der Waals surface area contributed by atoms with Crippen molar-refractivity contribution in [3.8, 4) is 0 Å². The van der Waals surface area contributed by atoms with Crippen LogP contribution in [0.1, 0.15) is 17.1 Å². The molecule has 0 spiro atoms. The summed E-state index contributed by atoms with van der Waals surface area (Å²) in [4.78, 5) is 4.17. The molecule has 1 aromatic heterocycles. The van der Waals surface area contributed by atoms with Gasteiger partial charge < -0.3 is 4.74 Å². The van der Waals surface area contributed by atoms with Gasteiger partial charge in [-0.2, -0.15) is 4.31 Å². The molecule has 96 valence electrons. The predicted molar refractivity (Wildman–Crippen MR) is 65.8 cm³/mol. The smallest absolute Gasteiger partial charge is 0.254 e. The van der Waals surface area contributed by atoms with Crippen LogP contribution in [0.3, 0.4) is 0 Å². The van der Waals surface area contributed by atoms with Gasteiger partial charge in [0.1, 0.15) is 0 Å². The lowest BCUT2D eigenvalue weighted by Gasteiger charge is -2.15. The zero-order valence-electron chi connectivity index (χ0n) is 10.1. The molecule has 0 bridgehead atoms. The molecule has 1 fully saturated rings. The number of hydrogen-bond donors (Lipinski definition) is 0. The van der Waals surface area contributed by atoms with Gasteiger partial charge in [0, 0.05) is 20.2 Å². The van der Waals surface area contributed by atoms with E-state index in [9.17, 15) is 8.42 Å². The van der Waals surface area contributed by atoms with Gasteiger partial charge in [0.2, 0.25) is 0 Å². The molecule has 1 aliphatic rings. The lowest BCUT2D eigenvalue weighted by molar-refractivity contribution is 0.115. The number of aromatic nitrogens is 1. The van der Waals surface area contributed by atoms with E-state index in [0.717, 1.165) is 11.4 Å². The fourth-order valence-corrected chi connectivity index (χ4v) is 5.08. The minimum absolute atomic E-state index is 0.0131. The van der Waals surface area contributed by atoms with E-state index in [4.69, 9.17) is 4.74 Å². The van der Waals surface area contributed by atoms with Crippen LogP contribution in [0.4, 0.5) is 0 Å². The summed E-state index contributed by atoms with van der Waals surface area (Å²) in [5, 5.41) is 0.781. The number of thiazole rings is 1. The number of hydrogen-bond acceptors (Lipinski definition) is 5. The van der Waals surface area contributed by atoms with E-state index >= 15 is 0 Å². The first-order valence-corrected chi connectivity index (χ1v) is 7.67. The molecule has 1 aliphatic heterocycles. The standard InChI is InChI=1S/C10H16N2O3S2/c1-7-10(16-8(2)11-7)17(13,14)12-5-4-9(6-12)15-3/h9H,4-6H2,1-3H3/t9-/m0/s1.